The second kappa shape index (κ2) is 5.97. The zero-order valence-corrected chi connectivity index (χ0v) is 18.9. The van der Waals surface area contributed by atoms with Gasteiger partial charge in [-0.25, -0.2) is 4.18 Å². The maximum atomic E-state index is 12.9. The fourth-order valence-corrected chi connectivity index (χ4v) is 6.03. The Bertz CT molecular complexity index is 1230. The van der Waals surface area contributed by atoms with Crippen LogP contribution in [-0.4, -0.2) is 18.6 Å². The van der Waals surface area contributed by atoms with Crippen molar-refractivity contribution in [3.05, 3.63) is 72.4 Å². The number of phenolic OH excluding ortho intramolecular Hbond substituents is 2. The third-order valence-electron chi connectivity index (χ3n) is 4.85. The summed E-state index contributed by atoms with van der Waals surface area (Å²) in [5.41, 5.74) is -0.0715. The van der Waals surface area contributed by atoms with Crippen LogP contribution < -0.4 is 4.74 Å². The monoisotopic (exact) mass is 620 g/mol. The summed E-state index contributed by atoms with van der Waals surface area (Å²) in [4.78, 5) is 0.0833. The number of benzene rings is 3. The molecular weight excluding hydrogens is 610 g/mol. The van der Waals surface area contributed by atoms with Crippen molar-refractivity contribution < 1.29 is 27.6 Å². The van der Waals surface area contributed by atoms with E-state index in [0.29, 0.717) is 23.8 Å². The molecule has 6 nitrogen and oxygen atoms in total. The minimum atomic E-state index is -4.03. The van der Waals surface area contributed by atoms with Crippen LogP contribution in [0.1, 0.15) is 16.7 Å². The van der Waals surface area contributed by atoms with E-state index in [1.54, 1.807) is 30.3 Å². The van der Waals surface area contributed by atoms with Crippen LogP contribution in [0.2, 0.25) is 0 Å². The van der Waals surface area contributed by atoms with Crippen molar-refractivity contribution in [3.8, 4) is 23.0 Å². The summed E-state index contributed by atoms with van der Waals surface area (Å²) >= 11 is 3.94. The van der Waals surface area contributed by atoms with Gasteiger partial charge in [0.15, 0.2) is 5.60 Å². The number of fused-ring (bicyclic) bond motifs is 6. The Morgan fingerprint density at radius 3 is 1.93 bits per heavy atom. The fraction of sp³-hybridized carbons (Fsp3) is 0.0526. The maximum absolute atomic E-state index is 12.9. The Morgan fingerprint density at radius 2 is 1.36 bits per heavy atom. The molecule has 5 rings (SSSR count). The van der Waals surface area contributed by atoms with Crippen molar-refractivity contribution in [1.82, 2.24) is 0 Å². The van der Waals surface area contributed by atoms with Crippen molar-refractivity contribution in [2.24, 2.45) is 0 Å². The van der Waals surface area contributed by atoms with E-state index in [1.807, 2.05) is 45.2 Å². The van der Waals surface area contributed by atoms with Crippen molar-refractivity contribution >= 4 is 55.3 Å². The first-order valence-electron chi connectivity index (χ1n) is 8.03. The number of rotatable bonds is 0. The van der Waals surface area contributed by atoms with Crippen LogP contribution in [0.5, 0.6) is 23.0 Å². The van der Waals surface area contributed by atoms with Gasteiger partial charge in [0.25, 0.3) is 10.1 Å². The lowest BCUT2D eigenvalue weighted by Crippen LogP contribution is -2.33. The van der Waals surface area contributed by atoms with Crippen LogP contribution in [0.15, 0.2) is 53.4 Å². The molecule has 0 saturated carbocycles. The summed E-state index contributed by atoms with van der Waals surface area (Å²) in [7, 11) is -4.03. The molecule has 2 N–H and O–H groups in total. The Morgan fingerprint density at radius 1 is 0.821 bits per heavy atom. The minimum absolute atomic E-state index is 0.00169. The highest BCUT2D eigenvalue weighted by Gasteiger charge is 2.56. The number of hydrogen-bond acceptors (Lipinski definition) is 6. The van der Waals surface area contributed by atoms with E-state index >= 15 is 0 Å². The van der Waals surface area contributed by atoms with Gasteiger partial charge in [-0.15, -0.1) is 0 Å². The first-order valence-corrected chi connectivity index (χ1v) is 11.6. The molecular formula is C19H10I2O6S. The molecule has 0 unspecified atom stereocenters. The van der Waals surface area contributed by atoms with Gasteiger partial charge in [-0.05, 0) is 63.4 Å². The first kappa shape index (κ1) is 18.5. The van der Waals surface area contributed by atoms with Crippen molar-refractivity contribution in [2.75, 3.05) is 0 Å². The topological polar surface area (TPSA) is 93.1 Å². The van der Waals surface area contributed by atoms with E-state index in [4.69, 9.17) is 8.92 Å². The SMILES string of the molecule is O=S1(=O)OC2(c3cc(I)c(O)cc3Oc3cc(O)c(I)cc32)c2ccccc21. The lowest BCUT2D eigenvalue weighted by Gasteiger charge is -2.36. The minimum Gasteiger partial charge on any atom is -0.507 e. The van der Waals surface area contributed by atoms with Gasteiger partial charge in [0.05, 0.1) is 7.14 Å². The van der Waals surface area contributed by atoms with Crippen LogP contribution in [0.3, 0.4) is 0 Å². The van der Waals surface area contributed by atoms with Gasteiger partial charge in [0.1, 0.15) is 27.9 Å². The van der Waals surface area contributed by atoms with Gasteiger partial charge in [0.2, 0.25) is 0 Å². The Balaban J connectivity index is 1.97. The Labute approximate surface area is 187 Å². The molecule has 0 bridgehead atoms. The molecule has 0 amide bonds. The first-order chi connectivity index (χ1) is 13.2. The molecule has 0 atom stereocenters. The maximum Gasteiger partial charge on any atom is 0.298 e. The summed E-state index contributed by atoms with van der Waals surface area (Å²) < 4.78 is 38.6. The van der Waals surface area contributed by atoms with E-state index in [2.05, 4.69) is 0 Å². The van der Waals surface area contributed by atoms with Crippen LogP contribution in [0.25, 0.3) is 0 Å². The summed E-state index contributed by atoms with van der Waals surface area (Å²) in [6, 6.07) is 12.8. The highest BCUT2D eigenvalue weighted by molar-refractivity contribution is 14.1. The quantitative estimate of drug-likeness (QED) is 0.286. The second-order valence-electron chi connectivity index (χ2n) is 6.42. The van der Waals surface area contributed by atoms with Crippen LogP contribution in [0, 0.1) is 7.14 Å². The molecule has 142 valence electrons. The van der Waals surface area contributed by atoms with Gasteiger partial charge < -0.3 is 14.9 Å². The highest BCUT2D eigenvalue weighted by atomic mass is 127. The van der Waals surface area contributed by atoms with E-state index in [1.165, 1.54) is 18.2 Å². The van der Waals surface area contributed by atoms with E-state index in [-0.39, 0.29) is 27.9 Å². The molecule has 28 heavy (non-hydrogen) atoms. The van der Waals surface area contributed by atoms with Crippen molar-refractivity contribution in [3.63, 3.8) is 0 Å². The van der Waals surface area contributed by atoms with Gasteiger partial charge in [-0.3, -0.25) is 0 Å². The van der Waals surface area contributed by atoms with Crippen LogP contribution in [-0.2, 0) is 19.9 Å². The zero-order chi connectivity index (χ0) is 19.8. The predicted molar refractivity (Wildman–Crippen MR) is 116 cm³/mol. The number of halogens is 2. The molecule has 1 spiro atoms. The Kier molecular flexibility index (Phi) is 3.93. The average molecular weight is 620 g/mol. The third kappa shape index (κ3) is 2.36. The standard InChI is InChI=1S/C19H10I2O6S/c20-12-5-10-16(7-14(12)22)26-17-8-15(23)13(21)6-11(17)19(10)9-3-1-2-4-18(9)28(24,25)27-19/h1-8,22-23H. The van der Waals surface area contributed by atoms with E-state index in [0.717, 1.165) is 0 Å². The molecule has 0 aliphatic carbocycles. The summed E-state index contributed by atoms with van der Waals surface area (Å²) in [6.07, 6.45) is 0. The van der Waals surface area contributed by atoms with E-state index < -0.39 is 15.7 Å². The van der Waals surface area contributed by atoms with Gasteiger partial charge in [-0.2, -0.15) is 8.42 Å². The third-order valence-corrected chi connectivity index (χ3v) is 7.94. The summed E-state index contributed by atoms with van der Waals surface area (Å²) in [5, 5.41) is 20.3. The number of aromatic hydroxyl groups is 2. The molecule has 2 heterocycles. The molecule has 3 aromatic carbocycles. The lowest BCUT2D eigenvalue weighted by molar-refractivity contribution is 0.163. The molecule has 9 heteroatoms. The second-order valence-corrected chi connectivity index (χ2v) is 10.3. The fourth-order valence-electron chi connectivity index (χ4n) is 3.68. The Hall–Kier alpha value is -1.57. The summed E-state index contributed by atoms with van der Waals surface area (Å²) in [5.74, 6) is 0.527. The summed E-state index contributed by atoms with van der Waals surface area (Å²) in [6.45, 7) is 0. The zero-order valence-electron chi connectivity index (χ0n) is 13.8. The molecule has 0 radical (unpaired) electrons. The molecule has 0 fully saturated rings. The van der Waals surface area contributed by atoms with E-state index in [9.17, 15) is 18.6 Å². The number of ether oxygens (including phenoxy) is 1. The number of hydrogen-bond donors (Lipinski definition) is 2. The molecule has 2 aliphatic heterocycles. The smallest absolute Gasteiger partial charge is 0.298 e. The molecule has 0 aromatic heterocycles. The highest BCUT2D eigenvalue weighted by Crippen LogP contribution is 2.59. The van der Waals surface area contributed by atoms with Crippen molar-refractivity contribution in [1.29, 1.82) is 0 Å². The predicted octanol–water partition coefficient (Wildman–Crippen LogP) is 4.42. The number of phenols is 2. The van der Waals surface area contributed by atoms with Gasteiger partial charge in [0, 0.05) is 28.8 Å². The average Bonchev–Trinajstić information content (AvgIpc) is 2.88. The molecule has 3 aromatic rings. The normalized spacial score (nSPS) is 17.5. The van der Waals surface area contributed by atoms with Crippen LogP contribution in [0.4, 0.5) is 0 Å². The lowest BCUT2D eigenvalue weighted by atomic mass is 9.78. The molecule has 2 aliphatic rings. The largest absolute Gasteiger partial charge is 0.507 e. The van der Waals surface area contributed by atoms with Crippen molar-refractivity contribution in [2.45, 2.75) is 10.5 Å². The van der Waals surface area contributed by atoms with Crippen LogP contribution >= 0.6 is 45.2 Å². The van der Waals surface area contributed by atoms with Gasteiger partial charge in [-0.1, -0.05) is 18.2 Å². The molecule has 0 saturated heterocycles. The van der Waals surface area contributed by atoms with Gasteiger partial charge >= 0.3 is 0 Å².